The summed E-state index contributed by atoms with van der Waals surface area (Å²) in [5.74, 6) is 0.934. The highest BCUT2D eigenvalue weighted by Crippen LogP contribution is 2.18. The summed E-state index contributed by atoms with van der Waals surface area (Å²) in [6.07, 6.45) is 2.94. The molecule has 0 saturated carbocycles. The minimum absolute atomic E-state index is 0.871. The second kappa shape index (κ2) is 6.40. The summed E-state index contributed by atoms with van der Waals surface area (Å²) in [4.78, 5) is 7.00. The van der Waals surface area contributed by atoms with E-state index in [1.54, 1.807) is 0 Å². The van der Waals surface area contributed by atoms with Gasteiger partial charge in [-0.3, -0.25) is 0 Å². The molecule has 96 valence electrons. The van der Waals surface area contributed by atoms with Crippen LogP contribution >= 0.6 is 11.3 Å². The molecule has 0 aliphatic rings. The monoisotopic (exact) mass is 261 g/mol. The van der Waals surface area contributed by atoms with Gasteiger partial charge in [-0.15, -0.1) is 11.3 Å². The lowest BCUT2D eigenvalue weighted by Crippen LogP contribution is -2.03. The topological polar surface area (TPSA) is 37.0 Å². The molecule has 0 unspecified atom stereocenters. The van der Waals surface area contributed by atoms with Crippen molar-refractivity contribution < 1.29 is 0 Å². The molecule has 0 spiro atoms. The van der Waals surface area contributed by atoms with E-state index in [-0.39, 0.29) is 0 Å². The molecule has 0 aromatic carbocycles. The first kappa shape index (κ1) is 12.9. The Bertz CT molecular complexity index is 493. The molecular weight excluding hydrogens is 242 g/mol. The normalized spacial score (nSPS) is 10.3. The fourth-order valence-electron chi connectivity index (χ4n) is 1.66. The summed E-state index contributed by atoms with van der Waals surface area (Å²) >= 11 is 1.83. The molecule has 18 heavy (non-hydrogen) atoms. The molecule has 0 fully saturated rings. The Hall–Kier alpha value is -1.55. The van der Waals surface area contributed by atoms with E-state index in [1.807, 2.05) is 23.6 Å². The lowest BCUT2D eigenvalue weighted by molar-refractivity contribution is 0.969. The summed E-state index contributed by atoms with van der Waals surface area (Å²) in [5, 5.41) is 6.71. The predicted octanol–water partition coefficient (Wildman–Crippen LogP) is 3.89. The van der Waals surface area contributed by atoms with Crippen LogP contribution in [0.4, 0.5) is 11.5 Å². The number of hydrogen-bond acceptors (Lipinski definition) is 4. The van der Waals surface area contributed by atoms with Crippen LogP contribution < -0.4 is 10.6 Å². The van der Waals surface area contributed by atoms with Crippen LogP contribution in [-0.4, -0.2) is 11.5 Å². The van der Waals surface area contributed by atoms with Crippen molar-refractivity contribution in [1.82, 2.24) is 4.98 Å². The van der Waals surface area contributed by atoms with Gasteiger partial charge in [0.1, 0.15) is 5.82 Å². The minimum Gasteiger partial charge on any atom is -0.380 e. The van der Waals surface area contributed by atoms with Gasteiger partial charge in [0.05, 0.1) is 0 Å². The average molecular weight is 261 g/mol. The molecule has 0 aliphatic heterocycles. The first-order chi connectivity index (χ1) is 8.78. The summed E-state index contributed by atoms with van der Waals surface area (Å²) in [6.45, 7) is 6.11. The van der Waals surface area contributed by atoms with E-state index >= 15 is 0 Å². The highest BCUT2D eigenvalue weighted by molar-refractivity contribution is 7.11. The van der Waals surface area contributed by atoms with Gasteiger partial charge in [-0.05, 0) is 31.5 Å². The average Bonchev–Trinajstić information content (AvgIpc) is 2.80. The Balaban J connectivity index is 1.92. The number of nitrogens with one attached hydrogen (secondary N) is 2. The number of aromatic nitrogens is 1. The SMILES string of the molecule is CCCNc1cc(NCc2ccc(C)s2)ccn1. The zero-order valence-corrected chi connectivity index (χ0v) is 11.7. The van der Waals surface area contributed by atoms with Crippen molar-refractivity contribution in [2.24, 2.45) is 0 Å². The van der Waals surface area contributed by atoms with E-state index in [0.29, 0.717) is 0 Å². The Morgan fingerprint density at radius 2 is 2.11 bits per heavy atom. The first-order valence-corrected chi connectivity index (χ1v) is 7.08. The van der Waals surface area contributed by atoms with Crippen LogP contribution in [0.1, 0.15) is 23.1 Å². The minimum atomic E-state index is 0.871. The first-order valence-electron chi connectivity index (χ1n) is 6.27. The van der Waals surface area contributed by atoms with Crippen molar-refractivity contribution in [2.75, 3.05) is 17.2 Å². The molecule has 2 N–H and O–H groups in total. The van der Waals surface area contributed by atoms with Crippen LogP contribution in [0.5, 0.6) is 0 Å². The van der Waals surface area contributed by atoms with E-state index in [4.69, 9.17) is 0 Å². The van der Waals surface area contributed by atoms with Crippen molar-refractivity contribution in [2.45, 2.75) is 26.8 Å². The number of pyridine rings is 1. The molecule has 0 radical (unpaired) electrons. The molecule has 0 aliphatic carbocycles. The van der Waals surface area contributed by atoms with Gasteiger partial charge in [0.25, 0.3) is 0 Å². The van der Waals surface area contributed by atoms with Crippen LogP contribution in [0, 0.1) is 6.92 Å². The highest BCUT2D eigenvalue weighted by atomic mass is 32.1. The number of hydrogen-bond donors (Lipinski definition) is 2. The van der Waals surface area contributed by atoms with Crippen LogP contribution in [0.15, 0.2) is 30.5 Å². The van der Waals surface area contributed by atoms with Crippen LogP contribution in [-0.2, 0) is 6.54 Å². The third-order valence-electron chi connectivity index (χ3n) is 2.58. The number of aryl methyl sites for hydroxylation is 1. The lowest BCUT2D eigenvalue weighted by Gasteiger charge is -2.08. The van der Waals surface area contributed by atoms with Gasteiger partial charge in [-0.1, -0.05) is 6.92 Å². The number of thiophene rings is 1. The van der Waals surface area contributed by atoms with E-state index < -0.39 is 0 Å². The molecule has 3 nitrogen and oxygen atoms in total. The van der Waals surface area contributed by atoms with Crippen LogP contribution in [0.25, 0.3) is 0 Å². The van der Waals surface area contributed by atoms with Gasteiger partial charge < -0.3 is 10.6 Å². The molecule has 2 heterocycles. The van der Waals surface area contributed by atoms with Gasteiger partial charge in [0, 0.05) is 40.8 Å². The molecule has 2 aromatic heterocycles. The largest absolute Gasteiger partial charge is 0.380 e. The van der Waals surface area contributed by atoms with Crippen molar-refractivity contribution in [3.05, 3.63) is 40.2 Å². The van der Waals surface area contributed by atoms with E-state index in [0.717, 1.165) is 31.0 Å². The molecule has 0 saturated heterocycles. The Morgan fingerprint density at radius 1 is 1.22 bits per heavy atom. The third kappa shape index (κ3) is 3.74. The zero-order chi connectivity index (χ0) is 12.8. The fourth-order valence-corrected chi connectivity index (χ4v) is 2.49. The Labute approximate surface area is 112 Å². The van der Waals surface area contributed by atoms with Crippen LogP contribution in [0.3, 0.4) is 0 Å². The third-order valence-corrected chi connectivity index (χ3v) is 3.58. The predicted molar refractivity (Wildman–Crippen MR) is 79.4 cm³/mol. The number of nitrogens with zero attached hydrogens (tertiary/aromatic N) is 1. The smallest absolute Gasteiger partial charge is 0.127 e. The summed E-state index contributed by atoms with van der Waals surface area (Å²) in [7, 11) is 0. The molecular formula is C14H19N3S. The quantitative estimate of drug-likeness (QED) is 0.828. The lowest BCUT2D eigenvalue weighted by atomic mass is 10.3. The maximum atomic E-state index is 4.29. The van der Waals surface area contributed by atoms with Gasteiger partial charge in [0.2, 0.25) is 0 Å². The highest BCUT2D eigenvalue weighted by Gasteiger charge is 1.99. The molecule has 2 aromatic rings. The molecule has 0 atom stereocenters. The molecule has 2 rings (SSSR count). The second-order valence-electron chi connectivity index (χ2n) is 4.22. The van der Waals surface area contributed by atoms with Crippen molar-refractivity contribution >= 4 is 22.8 Å². The molecule has 0 amide bonds. The summed E-state index contributed by atoms with van der Waals surface area (Å²) < 4.78 is 0. The standard InChI is InChI=1S/C14H19N3S/c1-3-7-15-14-9-12(6-8-16-14)17-10-13-5-4-11(2)18-13/h4-6,8-9H,3,7,10H2,1-2H3,(H2,15,16,17). The Kier molecular flexibility index (Phi) is 4.59. The van der Waals surface area contributed by atoms with E-state index in [9.17, 15) is 0 Å². The van der Waals surface area contributed by atoms with Crippen molar-refractivity contribution in [1.29, 1.82) is 0 Å². The zero-order valence-electron chi connectivity index (χ0n) is 10.9. The molecule has 4 heteroatoms. The maximum Gasteiger partial charge on any atom is 0.127 e. The van der Waals surface area contributed by atoms with Gasteiger partial charge in [-0.25, -0.2) is 4.98 Å². The van der Waals surface area contributed by atoms with Gasteiger partial charge in [-0.2, -0.15) is 0 Å². The number of anilines is 2. The van der Waals surface area contributed by atoms with Gasteiger partial charge in [0.15, 0.2) is 0 Å². The van der Waals surface area contributed by atoms with Crippen molar-refractivity contribution in [3.8, 4) is 0 Å². The maximum absolute atomic E-state index is 4.29. The van der Waals surface area contributed by atoms with E-state index in [2.05, 4.69) is 47.7 Å². The Morgan fingerprint density at radius 3 is 2.83 bits per heavy atom. The molecule has 0 bridgehead atoms. The van der Waals surface area contributed by atoms with Crippen LogP contribution in [0.2, 0.25) is 0 Å². The summed E-state index contributed by atoms with van der Waals surface area (Å²) in [6, 6.07) is 8.38. The van der Waals surface area contributed by atoms with Crippen molar-refractivity contribution in [3.63, 3.8) is 0 Å². The number of rotatable bonds is 6. The fraction of sp³-hybridized carbons (Fsp3) is 0.357. The van der Waals surface area contributed by atoms with Gasteiger partial charge >= 0.3 is 0 Å². The van der Waals surface area contributed by atoms with E-state index in [1.165, 1.54) is 9.75 Å². The second-order valence-corrected chi connectivity index (χ2v) is 5.59. The summed E-state index contributed by atoms with van der Waals surface area (Å²) in [5.41, 5.74) is 1.11.